The van der Waals surface area contributed by atoms with Crippen molar-refractivity contribution in [3.05, 3.63) is 89.6 Å². The number of furan rings is 1. The molecule has 1 aliphatic rings. The number of sulfonamides is 1. The average molecular weight is 621 g/mol. The first-order valence-electron chi connectivity index (χ1n) is 14.0. The highest BCUT2D eigenvalue weighted by atomic mass is 32.2. The number of fused-ring (bicyclic) bond motifs is 1. The number of carbonyl (C=O) groups is 1. The number of amides is 1. The molecule has 0 spiro atoms. The second kappa shape index (κ2) is 11.4. The van der Waals surface area contributed by atoms with E-state index in [1.165, 1.54) is 54.8 Å². The predicted molar refractivity (Wildman–Crippen MR) is 164 cm³/mol. The molecule has 2 aromatic heterocycles. The smallest absolute Gasteiger partial charge is 0.297 e. The molecule has 0 aliphatic carbocycles. The van der Waals surface area contributed by atoms with E-state index in [2.05, 4.69) is 10.3 Å². The summed E-state index contributed by atoms with van der Waals surface area (Å²) in [5.41, 5.74) is 2.94. The Morgan fingerprint density at radius 2 is 1.68 bits per heavy atom. The van der Waals surface area contributed by atoms with Crippen molar-refractivity contribution in [2.75, 3.05) is 42.6 Å². The van der Waals surface area contributed by atoms with Crippen LogP contribution < -0.4 is 14.5 Å². The molecule has 6 rings (SSSR count). The van der Waals surface area contributed by atoms with Crippen molar-refractivity contribution in [2.24, 2.45) is 0 Å². The predicted octanol–water partition coefficient (Wildman–Crippen LogP) is 6.17. The summed E-state index contributed by atoms with van der Waals surface area (Å²) in [5, 5.41) is 3.17. The molecule has 3 heterocycles. The summed E-state index contributed by atoms with van der Waals surface area (Å²) in [7, 11) is -0.672. The van der Waals surface area contributed by atoms with Gasteiger partial charge in [0, 0.05) is 55.7 Å². The van der Waals surface area contributed by atoms with Crippen molar-refractivity contribution in [3.8, 4) is 22.6 Å². The summed E-state index contributed by atoms with van der Waals surface area (Å²) in [5.74, 6) is -0.567. The molecule has 0 unspecified atom stereocenters. The molecule has 0 saturated carbocycles. The topological polar surface area (TPSA) is 109 Å². The van der Waals surface area contributed by atoms with E-state index in [1.807, 2.05) is 11.0 Å². The molecular formula is C32H30F2N4O5S. The van der Waals surface area contributed by atoms with Crippen LogP contribution in [0.1, 0.15) is 34.7 Å². The Kier molecular flexibility index (Phi) is 7.62. The molecule has 228 valence electrons. The van der Waals surface area contributed by atoms with Crippen molar-refractivity contribution in [3.63, 3.8) is 0 Å². The highest BCUT2D eigenvalue weighted by molar-refractivity contribution is 7.92. The highest BCUT2D eigenvalue weighted by Crippen LogP contribution is 2.42. The van der Waals surface area contributed by atoms with E-state index in [4.69, 9.17) is 8.83 Å². The quantitative estimate of drug-likeness (QED) is 0.232. The largest absolute Gasteiger partial charge is 0.455 e. The van der Waals surface area contributed by atoms with E-state index in [1.54, 1.807) is 24.4 Å². The van der Waals surface area contributed by atoms with Gasteiger partial charge >= 0.3 is 0 Å². The summed E-state index contributed by atoms with van der Waals surface area (Å²) in [6, 6.07) is 15.4. The van der Waals surface area contributed by atoms with Gasteiger partial charge in [-0.1, -0.05) is 0 Å². The first-order valence-corrected chi connectivity index (χ1v) is 15.9. The maximum atomic E-state index is 13.7. The van der Waals surface area contributed by atoms with Crippen LogP contribution in [0.25, 0.3) is 33.6 Å². The molecule has 0 radical (unpaired) electrons. The maximum Gasteiger partial charge on any atom is 0.297 e. The van der Waals surface area contributed by atoms with Gasteiger partial charge in [-0.15, -0.1) is 0 Å². The first kappa shape index (κ1) is 29.4. The number of piperidine rings is 1. The van der Waals surface area contributed by atoms with Gasteiger partial charge in [0.15, 0.2) is 5.76 Å². The maximum absolute atomic E-state index is 13.7. The molecule has 3 aromatic carbocycles. The number of hydrogen-bond acceptors (Lipinski definition) is 7. The summed E-state index contributed by atoms with van der Waals surface area (Å²) in [4.78, 5) is 19.7. The Hall–Kier alpha value is -4.71. The van der Waals surface area contributed by atoms with Gasteiger partial charge in [-0.05, 0) is 73.0 Å². The summed E-state index contributed by atoms with van der Waals surface area (Å²) in [6.07, 6.45) is 4.24. The molecule has 1 aliphatic heterocycles. The van der Waals surface area contributed by atoms with Crippen molar-refractivity contribution in [1.29, 1.82) is 0 Å². The lowest BCUT2D eigenvalue weighted by atomic mass is 9.88. The van der Waals surface area contributed by atoms with Crippen molar-refractivity contribution >= 4 is 38.6 Å². The number of hydrogen-bond donors (Lipinski definition) is 1. The first-order chi connectivity index (χ1) is 21.0. The molecule has 1 N–H and O–H groups in total. The summed E-state index contributed by atoms with van der Waals surface area (Å²) in [6.45, 7) is 1.14. The van der Waals surface area contributed by atoms with Crippen LogP contribution in [0.4, 0.5) is 20.5 Å². The fourth-order valence-corrected chi connectivity index (χ4v) is 6.16. The minimum Gasteiger partial charge on any atom is -0.455 e. The standard InChI is InChI=1S/C32H30F2N4O5S/c1-35-31(39)29-25-15-24(21-5-4-14-38(18-21)32-36-17-28(43-32)19-6-10-22(33)11-7-19)26(37(2)44(3,40)41)16-27(25)42-30(29)20-8-12-23(34)13-9-20/h6-13,15-17,21H,4-5,14,18H2,1-3H3,(H,35,39)/t21-/m1/s1. The fourth-order valence-electron chi connectivity index (χ4n) is 5.65. The zero-order valence-corrected chi connectivity index (χ0v) is 25.1. The van der Waals surface area contributed by atoms with Crippen LogP contribution in [-0.2, 0) is 10.0 Å². The van der Waals surface area contributed by atoms with E-state index >= 15 is 0 Å². The van der Waals surface area contributed by atoms with E-state index in [0.29, 0.717) is 52.6 Å². The molecule has 5 aromatic rings. The zero-order chi connectivity index (χ0) is 31.2. The van der Waals surface area contributed by atoms with Gasteiger partial charge in [-0.3, -0.25) is 9.10 Å². The molecule has 12 heteroatoms. The van der Waals surface area contributed by atoms with Crippen LogP contribution in [0, 0.1) is 11.6 Å². The van der Waals surface area contributed by atoms with Crippen molar-refractivity contribution in [2.45, 2.75) is 18.8 Å². The van der Waals surface area contributed by atoms with E-state index in [0.717, 1.165) is 24.7 Å². The van der Waals surface area contributed by atoms with Crippen LogP contribution in [-0.4, -0.2) is 52.7 Å². The second-order valence-electron chi connectivity index (χ2n) is 10.8. The monoisotopic (exact) mass is 620 g/mol. The van der Waals surface area contributed by atoms with Crippen LogP contribution in [0.5, 0.6) is 0 Å². The number of benzene rings is 3. The zero-order valence-electron chi connectivity index (χ0n) is 24.3. The van der Waals surface area contributed by atoms with Gasteiger partial charge in [0.1, 0.15) is 23.0 Å². The van der Waals surface area contributed by atoms with Crippen LogP contribution >= 0.6 is 0 Å². The molecule has 1 saturated heterocycles. The van der Waals surface area contributed by atoms with E-state index in [9.17, 15) is 22.0 Å². The van der Waals surface area contributed by atoms with E-state index in [-0.39, 0.29) is 23.1 Å². The molecule has 1 amide bonds. The molecule has 44 heavy (non-hydrogen) atoms. The van der Waals surface area contributed by atoms with Gasteiger partial charge in [-0.2, -0.15) is 0 Å². The molecule has 0 bridgehead atoms. The Bertz CT molecular complexity index is 1950. The third kappa shape index (κ3) is 5.52. The van der Waals surface area contributed by atoms with Crippen LogP contribution in [0.15, 0.2) is 75.7 Å². The minimum absolute atomic E-state index is 0.157. The van der Waals surface area contributed by atoms with Gasteiger partial charge in [0.2, 0.25) is 10.0 Å². The van der Waals surface area contributed by atoms with Crippen molar-refractivity contribution < 1.29 is 30.8 Å². The van der Waals surface area contributed by atoms with Gasteiger partial charge < -0.3 is 19.1 Å². The lowest BCUT2D eigenvalue weighted by Crippen LogP contribution is -2.35. The van der Waals surface area contributed by atoms with Gasteiger partial charge in [0.25, 0.3) is 11.9 Å². The summed E-state index contributed by atoms with van der Waals surface area (Å²) < 4.78 is 66.1. The number of aromatic nitrogens is 1. The van der Waals surface area contributed by atoms with Crippen LogP contribution in [0.2, 0.25) is 0 Å². The normalized spacial score (nSPS) is 15.5. The number of anilines is 2. The minimum atomic E-state index is -3.66. The number of halogens is 2. The highest BCUT2D eigenvalue weighted by Gasteiger charge is 2.31. The Balaban J connectivity index is 1.44. The number of nitrogens with one attached hydrogen (secondary N) is 1. The Morgan fingerprint density at radius 1 is 1.02 bits per heavy atom. The fraction of sp³-hybridized carbons (Fsp3) is 0.250. The van der Waals surface area contributed by atoms with Crippen molar-refractivity contribution in [1.82, 2.24) is 10.3 Å². The number of nitrogens with zero attached hydrogens (tertiary/aromatic N) is 3. The summed E-state index contributed by atoms with van der Waals surface area (Å²) >= 11 is 0. The lowest BCUT2D eigenvalue weighted by molar-refractivity contribution is 0.0964. The average Bonchev–Trinajstić information content (AvgIpc) is 3.65. The Labute approximate surface area is 253 Å². The number of rotatable bonds is 7. The third-order valence-electron chi connectivity index (χ3n) is 7.99. The number of oxazole rings is 1. The SMILES string of the molecule is CNC(=O)c1c(-c2ccc(F)cc2)oc2cc(N(C)S(C)(=O)=O)c([C@@H]3CCCN(c4ncc(-c5ccc(F)cc5)o4)C3)cc12. The molecular weight excluding hydrogens is 590 g/mol. The number of carbonyl (C=O) groups excluding carboxylic acids is 1. The van der Waals surface area contributed by atoms with Gasteiger partial charge in [0.05, 0.1) is 23.7 Å². The third-order valence-corrected chi connectivity index (χ3v) is 9.18. The van der Waals surface area contributed by atoms with Crippen LogP contribution in [0.3, 0.4) is 0 Å². The molecule has 9 nitrogen and oxygen atoms in total. The van der Waals surface area contributed by atoms with E-state index < -0.39 is 21.7 Å². The van der Waals surface area contributed by atoms with Gasteiger partial charge in [-0.25, -0.2) is 22.2 Å². The second-order valence-corrected chi connectivity index (χ2v) is 12.8. The molecule has 1 atom stereocenters. The molecule has 1 fully saturated rings. The Morgan fingerprint density at radius 3 is 2.32 bits per heavy atom. The lowest BCUT2D eigenvalue weighted by Gasteiger charge is -2.34.